The molecule has 0 heterocycles. The molecule has 2 aromatic carbocycles. The second-order valence-corrected chi connectivity index (χ2v) is 5.53. The number of benzene rings is 2. The SMILES string of the molecule is CN(CCCOc1ccccc1)CC(O)c1ccc(C#N)cc1. The average molecular weight is 310 g/mol. The number of rotatable bonds is 8. The normalized spacial score (nSPS) is 11.9. The van der Waals surface area contributed by atoms with Crippen LogP contribution in [0, 0.1) is 11.3 Å². The average Bonchev–Trinajstić information content (AvgIpc) is 2.59. The fraction of sp³-hybridized carbons (Fsp3) is 0.316. The summed E-state index contributed by atoms with van der Waals surface area (Å²) in [7, 11) is 1.98. The van der Waals surface area contributed by atoms with Crippen LogP contribution in [-0.2, 0) is 0 Å². The number of aliphatic hydroxyl groups is 1. The van der Waals surface area contributed by atoms with Gasteiger partial charge in [0.1, 0.15) is 5.75 Å². The van der Waals surface area contributed by atoms with Crippen molar-refractivity contribution < 1.29 is 9.84 Å². The van der Waals surface area contributed by atoms with Gasteiger partial charge in [0.05, 0.1) is 24.3 Å². The zero-order valence-electron chi connectivity index (χ0n) is 13.4. The molecule has 0 radical (unpaired) electrons. The molecule has 0 aromatic heterocycles. The lowest BCUT2D eigenvalue weighted by Gasteiger charge is -2.20. The van der Waals surface area contributed by atoms with Gasteiger partial charge in [-0.05, 0) is 43.3 Å². The topological polar surface area (TPSA) is 56.5 Å². The zero-order valence-corrected chi connectivity index (χ0v) is 13.4. The molecule has 0 aliphatic carbocycles. The molecular formula is C19H22N2O2. The van der Waals surface area contributed by atoms with Crippen molar-refractivity contribution in [2.75, 3.05) is 26.7 Å². The number of nitriles is 1. The molecule has 1 unspecified atom stereocenters. The highest BCUT2D eigenvalue weighted by atomic mass is 16.5. The molecule has 0 bridgehead atoms. The van der Waals surface area contributed by atoms with Crippen LogP contribution in [-0.4, -0.2) is 36.8 Å². The molecule has 2 rings (SSSR count). The summed E-state index contributed by atoms with van der Waals surface area (Å²) in [5.41, 5.74) is 1.43. The van der Waals surface area contributed by atoms with Crippen LogP contribution in [0.25, 0.3) is 0 Å². The molecule has 2 aromatic rings. The Morgan fingerprint density at radius 2 is 1.83 bits per heavy atom. The Hall–Kier alpha value is -2.35. The Morgan fingerprint density at radius 1 is 1.13 bits per heavy atom. The molecule has 0 aliphatic rings. The summed E-state index contributed by atoms with van der Waals surface area (Å²) in [6, 6.07) is 18.9. The molecule has 0 saturated carbocycles. The maximum Gasteiger partial charge on any atom is 0.119 e. The van der Waals surface area contributed by atoms with Gasteiger partial charge < -0.3 is 14.7 Å². The molecule has 4 nitrogen and oxygen atoms in total. The molecule has 4 heteroatoms. The van der Waals surface area contributed by atoms with Crippen LogP contribution in [0.1, 0.15) is 23.7 Å². The van der Waals surface area contributed by atoms with Gasteiger partial charge in [-0.1, -0.05) is 30.3 Å². The van der Waals surface area contributed by atoms with E-state index < -0.39 is 6.10 Å². The Labute approximate surface area is 137 Å². The lowest BCUT2D eigenvalue weighted by atomic mass is 10.1. The summed E-state index contributed by atoms with van der Waals surface area (Å²) >= 11 is 0. The van der Waals surface area contributed by atoms with E-state index in [-0.39, 0.29) is 0 Å². The van der Waals surface area contributed by atoms with Crippen molar-refractivity contribution in [3.05, 3.63) is 65.7 Å². The highest BCUT2D eigenvalue weighted by Gasteiger charge is 2.10. The van der Waals surface area contributed by atoms with Crippen molar-refractivity contribution >= 4 is 0 Å². The first-order valence-corrected chi connectivity index (χ1v) is 7.73. The number of hydrogen-bond acceptors (Lipinski definition) is 4. The standard InChI is InChI=1S/C19H22N2O2/c1-21(12-5-13-23-18-6-3-2-4-7-18)15-19(22)17-10-8-16(14-20)9-11-17/h2-4,6-11,19,22H,5,12-13,15H2,1H3. The van der Waals surface area contributed by atoms with Crippen LogP contribution in [0.4, 0.5) is 0 Å². The van der Waals surface area contributed by atoms with E-state index in [4.69, 9.17) is 10.00 Å². The van der Waals surface area contributed by atoms with Crippen molar-refractivity contribution in [3.63, 3.8) is 0 Å². The van der Waals surface area contributed by atoms with Crippen LogP contribution in [0.3, 0.4) is 0 Å². The third-order valence-corrected chi connectivity index (χ3v) is 3.61. The molecule has 0 amide bonds. The maximum atomic E-state index is 10.2. The maximum absolute atomic E-state index is 10.2. The minimum atomic E-state index is -0.553. The molecule has 0 spiro atoms. The number of likely N-dealkylation sites (N-methyl/N-ethyl adjacent to an activating group) is 1. The molecule has 0 saturated heterocycles. The first-order chi connectivity index (χ1) is 11.2. The summed E-state index contributed by atoms with van der Waals surface area (Å²) in [5, 5.41) is 19.0. The number of ether oxygens (including phenoxy) is 1. The fourth-order valence-electron chi connectivity index (χ4n) is 2.31. The second kappa shape index (κ2) is 8.94. The molecular weight excluding hydrogens is 288 g/mol. The highest BCUT2D eigenvalue weighted by molar-refractivity contribution is 5.32. The minimum absolute atomic E-state index is 0.553. The van der Waals surface area contributed by atoms with Crippen LogP contribution in [0.5, 0.6) is 5.75 Å². The summed E-state index contributed by atoms with van der Waals surface area (Å²) in [5.74, 6) is 0.882. The van der Waals surface area contributed by atoms with Crippen molar-refractivity contribution in [2.24, 2.45) is 0 Å². The van der Waals surface area contributed by atoms with E-state index in [2.05, 4.69) is 11.0 Å². The van der Waals surface area contributed by atoms with Gasteiger partial charge >= 0.3 is 0 Å². The lowest BCUT2D eigenvalue weighted by Crippen LogP contribution is -2.26. The van der Waals surface area contributed by atoms with Gasteiger partial charge in [0.2, 0.25) is 0 Å². The van der Waals surface area contributed by atoms with Gasteiger partial charge in [-0.25, -0.2) is 0 Å². The number of nitrogens with zero attached hydrogens (tertiary/aromatic N) is 2. The second-order valence-electron chi connectivity index (χ2n) is 5.53. The Balaban J connectivity index is 1.69. The summed E-state index contributed by atoms with van der Waals surface area (Å²) in [4.78, 5) is 2.08. The fourth-order valence-corrected chi connectivity index (χ4v) is 2.31. The Bertz CT molecular complexity index is 620. The van der Waals surface area contributed by atoms with Gasteiger partial charge in [0.25, 0.3) is 0 Å². The quantitative estimate of drug-likeness (QED) is 0.762. The molecule has 23 heavy (non-hydrogen) atoms. The van der Waals surface area contributed by atoms with E-state index in [0.717, 1.165) is 24.3 Å². The van der Waals surface area contributed by atoms with Gasteiger partial charge in [0.15, 0.2) is 0 Å². The minimum Gasteiger partial charge on any atom is -0.494 e. The van der Waals surface area contributed by atoms with Crippen LogP contribution < -0.4 is 4.74 Å². The van der Waals surface area contributed by atoms with E-state index in [0.29, 0.717) is 18.7 Å². The third-order valence-electron chi connectivity index (χ3n) is 3.61. The van der Waals surface area contributed by atoms with Crippen molar-refractivity contribution in [2.45, 2.75) is 12.5 Å². The van der Waals surface area contributed by atoms with E-state index >= 15 is 0 Å². The van der Waals surface area contributed by atoms with E-state index in [1.54, 1.807) is 24.3 Å². The third kappa shape index (κ3) is 5.74. The van der Waals surface area contributed by atoms with E-state index in [1.807, 2.05) is 37.4 Å². The highest BCUT2D eigenvalue weighted by Crippen LogP contribution is 2.15. The van der Waals surface area contributed by atoms with Gasteiger partial charge in [-0.2, -0.15) is 5.26 Å². The molecule has 1 atom stereocenters. The predicted octanol–water partition coefficient (Wildman–Crippen LogP) is 2.99. The molecule has 1 N–H and O–H groups in total. The van der Waals surface area contributed by atoms with Crippen molar-refractivity contribution in [1.29, 1.82) is 5.26 Å². The summed E-state index contributed by atoms with van der Waals surface area (Å²) < 4.78 is 5.65. The van der Waals surface area contributed by atoms with Crippen LogP contribution in [0.15, 0.2) is 54.6 Å². The Kier molecular flexibility index (Phi) is 6.61. The first-order valence-electron chi connectivity index (χ1n) is 7.73. The number of aliphatic hydroxyl groups excluding tert-OH is 1. The molecule has 120 valence electrons. The van der Waals surface area contributed by atoms with Crippen molar-refractivity contribution in [1.82, 2.24) is 4.90 Å². The predicted molar refractivity (Wildman–Crippen MR) is 90.2 cm³/mol. The van der Waals surface area contributed by atoms with E-state index in [9.17, 15) is 5.11 Å². The lowest BCUT2D eigenvalue weighted by molar-refractivity contribution is 0.123. The monoisotopic (exact) mass is 310 g/mol. The smallest absolute Gasteiger partial charge is 0.119 e. The number of para-hydroxylation sites is 1. The largest absolute Gasteiger partial charge is 0.494 e. The van der Waals surface area contributed by atoms with Gasteiger partial charge in [0, 0.05) is 13.1 Å². The summed E-state index contributed by atoms with van der Waals surface area (Å²) in [6.45, 7) is 2.05. The number of hydrogen-bond donors (Lipinski definition) is 1. The zero-order chi connectivity index (χ0) is 16.5. The van der Waals surface area contributed by atoms with Gasteiger partial charge in [-0.15, -0.1) is 0 Å². The van der Waals surface area contributed by atoms with Gasteiger partial charge in [-0.3, -0.25) is 0 Å². The first kappa shape index (κ1) is 17.0. The van der Waals surface area contributed by atoms with Crippen LogP contribution in [0.2, 0.25) is 0 Å². The molecule has 0 aliphatic heterocycles. The Morgan fingerprint density at radius 3 is 2.48 bits per heavy atom. The summed E-state index contributed by atoms with van der Waals surface area (Å²) in [6.07, 6.45) is 0.341. The van der Waals surface area contributed by atoms with Crippen molar-refractivity contribution in [3.8, 4) is 11.8 Å². The molecule has 0 fully saturated rings. The van der Waals surface area contributed by atoms with E-state index in [1.165, 1.54) is 0 Å². The van der Waals surface area contributed by atoms with Crippen LogP contribution >= 0.6 is 0 Å².